The molecular formula is C12H15NO. The number of aromatic nitrogens is 1. The van der Waals surface area contributed by atoms with Crippen molar-refractivity contribution in [3.8, 4) is 0 Å². The Hall–Kier alpha value is -1.31. The first-order valence-corrected chi connectivity index (χ1v) is 4.95. The highest BCUT2D eigenvalue weighted by molar-refractivity contribution is 5.83. The van der Waals surface area contributed by atoms with Crippen LogP contribution in [0.5, 0.6) is 0 Å². The molecule has 0 radical (unpaired) electrons. The second-order valence-electron chi connectivity index (χ2n) is 4.01. The third kappa shape index (κ3) is 1.22. The summed E-state index contributed by atoms with van der Waals surface area (Å²) in [5, 5.41) is 1.14. The molecule has 0 saturated heterocycles. The average molecular weight is 189 g/mol. The fourth-order valence-corrected chi connectivity index (χ4v) is 2.02. The lowest BCUT2D eigenvalue weighted by atomic mass is 9.99. The highest BCUT2D eigenvalue weighted by atomic mass is 16.3. The van der Waals surface area contributed by atoms with E-state index in [0.29, 0.717) is 5.92 Å². The summed E-state index contributed by atoms with van der Waals surface area (Å²) in [5.74, 6) is 0.455. The van der Waals surface area contributed by atoms with E-state index in [1.54, 1.807) is 6.26 Å². The number of rotatable bonds is 1. The van der Waals surface area contributed by atoms with Gasteiger partial charge in [-0.3, -0.25) is 4.98 Å². The van der Waals surface area contributed by atoms with Crippen molar-refractivity contribution in [3.63, 3.8) is 0 Å². The maximum atomic E-state index is 5.53. The molecule has 0 atom stereocenters. The molecule has 74 valence electrons. The number of hydrogen-bond acceptors (Lipinski definition) is 2. The molecule has 0 unspecified atom stereocenters. The van der Waals surface area contributed by atoms with Crippen LogP contribution in [0.1, 0.15) is 36.7 Å². The Bertz CT molecular complexity index is 468. The van der Waals surface area contributed by atoms with Gasteiger partial charge in [-0.1, -0.05) is 13.8 Å². The Labute approximate surface area is 84.0 Å². The number of nitrogens with zero attached hydrogens (tertiary/aromatic N) is 1. The van der Waals surface area contributed by atoms with Gasteiger partial charge in [-0.25, -0.2) is 0 Å². The van der Waals surface area contributed by atoms with Crippen molar-refractivity contribution in [1.29, 1.82) is 0 Å². The summed E-state index contributed by atoms with van der Waals surface area (Å²) in [4.78, 5) is 4.54. The molecule has 0 amide bonds. The minimum atomic E-state index is 0.455. The van der Waals surface area contributed by atoms with Crippen molar-refractivity contribution < 1.29 is 4.42 Å². The van der Waals surface area contributed by atoms with E-state index in [2.05, 4.69) is 18.8 Å². The molecule has 14 heavy (non-hydrogen) atoms. The summed E-state index contributed by atoms with van der Waals surface area (Å²) in [6, 6.07) is 1.99. The predicted molar refractivity (Wildman–Crippen MR) is 57.6 cm³/mol. The van der Waals surface area contributed by atoms with Gasteiger partial charge in [0.2, 0.25) is 0 Å². The Morgan fingerprint density at radius 1 is 1.21 bits per heavy atom. The van der Waals surface area contributed by atoms with E-state index in [1.165, 1.54) is 5.56 Å². The van der Waals surface area contributed by atoms with Gasteiger partial charge in [-0.2, -0.15) is 0 Å². The largest absolute Gasteiger partial charge is 0.464 e. The molecule has 0 aliphatic heterocycles. The van der Waals surface area contributed by atoms with Crippen molar-refractivity contribution in [2.45, 2.75) is 33.6 Å². The molecule has 2 rings (SSSR count). The van der Waals surface area contributed by atoms with Crippen molar-refractivity contribution in [3.05, 3.63) is 29.3 Å². The van der Waals surface area contributed by atoms with Gasteiger partial charge in [0.15, 0.2) is 0 Å². The van der Waals surface area contributed by atoms with Gasteiger partial charge in [-0.15, -0.1) is 0 Å². The SMILES string of the molecule is Cc1nc(C)c2ccoc2c1C(C)C. The van der Waals surface area contributed by atoms with Crippen LogP contribution in [0.2, 0.25) is 0 Å². The van der Waals surface area contributed by atoms with Gasteiger partial charge < -0.3 is 4.42 Å². The highest BCUT2D eigenvalue weighted by Gasteiger charge is 2.14. The smallest absolute Gasteiger partial charge is 0.140 e. The van der Waals surface area contributed by atoms with Crippen LogP contribution in [0.25, 0.3) is 11.0 Å². The second-order valence-corrected chi connectivity index (χ2v) is 4.01. The van der Waals surface area contributed by atoms with Gasteiger partial charge in [0.25, 0.3) is 0 Å². The quantitative estimate of drug-likeness (QED) is 0.685. The molecule has 2 aromatic heterocycles. The van der Waals surface area contributed by atoms with Gasteiger partial charge in [0.1, 0.15) is 5.58 Å². The van der Waals surface area contributed by atoms with Crippen molar-refractivity contribution >= 4 is 11.0 Å². The minimum absolute atomic E-state index is 0.455. The van der Waals surface area contributed by atoms with Gasteiger partial charge in [-0.05, 0) is 25.8 Å². The van der Waals surface area contributed by atoms with Gasteiger partial charge >= 0.3 is 0 Å². The molecule has 0 aliphatic carbocycles. The topological polar surface area (TPSA) is 26.0 Å². The molecule has 2 nitrogen and oxygen atoms in total. The Morgan fingerprint density at radius 3 is 2.57 bits per heavy atom. The van der Waals surface area contributed by atoms with E-state index in [4.69, 9.17) is 4.42 Å². The summed E-state index contributed by atoms with van der Waals surface area (Å²) >= 11 is 0. The fourth-order valence-electron chi connectivity index (χ4n) is 2.02. The van der Waals surface area contributed by atoms with Crippen LogP contribution in [-0.2, 0) is 0 Å². The summed E-state index contributed by atoms with van der Waals surface area (Å²) < 4.78 is 5.53. The number of furan rings is 1. The maximum Gasteiger partial charge on any atom is 0.140 e. The molecule has 0 aliphatic rings. The fraction of sp³-hybridized carbons (Fsp3) is 0.417. The zero-order chi connectivity index (χ0) is 10.3. The van der Waals surface area contributed by atoms with Crippen LogP contribution < -0.4 is 0 Å². The summed E-state index contributed by atoms with van der Waals surface area (Å²) in [5.41, 5.74) is 4.37. The standard InChI is InChI=1S/C12H15NO/c1-7(2)11-9(4)13-8(3)10-5-6-14-12(10)11/h5-7H,1-4H3. The molecule has 2 heteroatoms. The maximum absolute atomic E-state index is 5.53. The Balaban J connectivity index is 2.86. The highest BCUT2D eigenvalue weighted by Crippen LogP contribution is 2.29. The van der Waals surface area contributed by atoms with Crippen LogP contribution in [0.3, 0.4) is 0 Å². The minimum Gasteiger partial charge on any atom is -0.464 e. The van der Waals surface area contributed by atoms with Crippen molar-refractivity contribution in [1.82, 2.24) is 4.98 Å². The zero-order valence-electron chi connectivity index (χ0n) is 9.09. The van der Waals surface area contributed by atoms with E-state index in [-0.39, 0.29) is 0 Å². The van der Waals surface area contributed by atoms with Gasteiger partial charge in [0.05, 0.1) is 6.26 Å². The van der Waals surface area contributed by atoms with Crippen molar-refractivity contribution in [2.24, 2.45) is 0 Å². The lowest BCUT2D eigenvalue weighted by Gasteiger charge is -2.10. The van der Waals surface area contributed by atoms with Crippen LogP contribution in [0, 0.1) is 13.8 Å². The first-order valence-electron chi connectivity index (χ1n) is 4.95. The lowest BCUT2D eigenvalue weighted by Crippen LogP contribution is -1.97. The summed E-state index contributed by atoms with van der Waals surface area (Å²) in [6.45, 7) is 8.40. The van der Waals surface area contributed by atoms with E-state index >= 15 is 0 Å². The van der Waals surface area contributed by atoms with Crippen LogP contribution >= 0.6 is 0 Å². The normalized spacial score (nSPS) is 11.5. The van der Waals surface area contributed by atoms with E-state index < -0.39 is 0 Å². The molecular weight excluding hydrogens is 174 g/mol. The predicted octanol–water partition coefficient (Wildman–Crippen LogP) is 3.57. The average Bonchev–Trinajstić information content (AvgIpc) is 2.51. The summed E-state index contributed by atoms with van der Waals surface area (Å²) in [7, 11) is 0. The second kappa shape index (κ2) is 3.12. The first kappa shape index (κ1) is 9.25. The molecule has 0 saturated carbocycles. The first-order chi connectivity index (χ1) is 6.61. The summed E-state index contributed by atoms with van der Waals surface area (Å²) in [6.07, 6.45) is 1.74. The zero-order valence-corrected chi connectivity index (χ0v) is 9.09. The third-order valence-electron chi connectivity index (χ3n) is 2.60. The van der Waals surface area contributed by atoms with E-state index in [0.717, 1.165) is 22.4 Å². The number of hydrogen-bond donors (Lipinski definition) is 0. The van der Waals surface area contributed by atoms with E-state index in [1.807, 2.05) is 19.9 Å². The molecule has 2 heterocycles. The van der Waals surface area contributed by atoms with Crippen LogP contribution in [-0.4, -0.2) is 4.98 Å². The number of aryl methyl sites for hydroxylation is 2. The monoisotopic (exact) mass is 189 g/mol. The van der Waals surface area contributed by atoms with E-state index in [9.17, 15) is 0 Å². The Kier molecular flexibility index (Phi) is 2.06. The molecule has 0 bridgehead atoms. The van der Waals surface area contributed by atoms with Crippen molar-refractivity contribution in [2.75, 3.05) is 0 Å². The molecule has 0 spiro atoms. The molecule has 2 aromatic rings. The Morgan fingerprint density at radius 2 is 1.93 bits per heavy atom. The molecule has 0 fully saturated rings. The molecule has 0 N–H and O–H groups in total. The molecule has 0 aromatic carbocycles. The van der Waals surface area contributed by atoms with Crippen LogP contribution in [0.4, 0.5) is 0 Å². The number of pyridine rings is 1. The van der Waals surface area contributed by atoms with Crippen LogP contribution in [0.15, 0.2) is 16.7 Å². The van der Waals surface area contributed by atoms with Gasteiger partial charge in [0, 0.05) is 22.3 Å². The number of fused-ring (bicyclic) bond motifs is 1. The third-order valence-corrected chi connectivity index (χ3v) is 2.60. The lowest BCUT2D eigenvalue weighted by molar-refractivity contribution is 0.605.